The molecule has 0 aliphatic carbocycles. The predicted molar refractivity (Wildman–Crippen MR) is 372 cm³/mol. The van der Waals surface area contributed by atoms with Crippen molar-refractivity contribution in [2.45, 2.75) is 374 Å². The summed E-state index contributed by atoms with van der Waals surface area (Å²) in [4.78, 5) is 72.5. The van der Waals surface area contributed by atoms with Crippen molar-refractivity contribution in [2.75, 3.05) is 39.6 Å². The van der Waals surface area contributed by atoms with Crippen molar-refractivity contribution in [3.63, 3.8) is 0 Å². The molecule has 0 radical (unpaired) electrons. The molecule has 3 N–H and O–H groups in total. The zero-order chi connectivity index (χ0) is 67.7. The first kappa shape index (κ1) is 89.5. The fourth-order valence-corrected chi connectivity index (χ4v) is 12.2. The van der Waals surface area contributed by atoms with Gasteiger partial charge in [0.05, 0.1) is 26.4 Å². The molecule has 0 rings (SSSR count). The molecule has 0 heterocycles. The molecule has 17 nitrogen and oxygen atoms in total. The third kappa shape index (κ3) is 66.2. The summed E-state index contributed by atoms with van der Waals surface area (Å²) in [6.45, 7) is 7.15. The largest absolute Gasteiger partial charge is 0.472 e. The summed E-state index contributed by atoms with van der Waals surface area (Å²) < 4.78 is 68.3. The number of phosphoric ester groups is 2. The number of phosphoric acid groups is 2. The highest BCUT2D eigenvalue weighted by molar-refractivity contribution is 7.47. The standard InChI is InChI=1S/C73H138O17P2/c1-6-9-12-15-18-20-22-24-26-27-29-31-33-38-43-48-53-58-72(77)90-69(63-84-71(76)57-52-47-42-37-32-30-28-25-23-21-19-16-13-10-7-2)65-88-92(81,82)86-61-67(74)60-85-91(79,80)87-64-68(62-83-70(75)56-51-46-40-17-14-11-8-3)89-73(78)59-54-49-44-39-35-34-36-41-45-50-55-66(4)5/h21,23,25,28,66-69,74H,6-20,22,24,26-27,29-65H2,1-5H3,(H,79,80)(H,81,82)/b23-21-,28-25-/t67-,68+,69+/m0/s1. The molecule has 0 spiro atoms. The van der Waals surface area contributed by atoms with E-state index in [1.807, 2.05) is 0 Å². The van der Waals surface area contributed by atoms with E-state index in [9.17, 15) is 43.2 Å². The second-order valence-electron chi connectivity index (χ2n) is 26.1. The first-order valence-electron chi connectivity index (χ1n) is 37.5. The normalized spacial score (nSPS) is 14.2. The average Bonchev–Trinajstić information content (AvgIpc) is 3.04. The molecule has 0 aromatic carbocycles. The van der Waals surface area contributed by atoms with Gasteiger partial charge in [0.1, 0.15) is 19.3 Å². The van der Waals surface area contributed by atoms with Crippen LogP contribution in [0.5, 0.6) is 0 Å². The van der Waals surface area contributed by atoms with Gasteiger partial charge in [-0.25, -0.2) is 9.13 Å². The lowest BCUT2D eigenvalue weighted by Crippen LogP contribution is -2.30. The SMILES string of the molecule is CCCCCC/C=C\C=C/CCCCCCCC(=O)OC[C@H](COP(=O)(O)OC[C@@H](O)COP(=O)(O)OC[C@@H](COC(=O)CCCCCCCCC)OC(=O)CCCCCCCCCCCCC(C)C)OC(=O)CCCCCCCCCCCCCCCCCCC. The zero-order valence-corrected chi connectivity index (χ0v) is 61.0. The van der Waals surface area contributed by atoms with Gasteiger partial charge in [-0.15, -0.1) is 0 Å². The van der Waals surface area contributed by atoms with E-state index in [4.69, 9.17) is 37.0 Å². The van der Waals surface area contributed by atoms with Crippen LogP contribution in [-0.4, -0.2) is 96.7 Å². The molecule has 2 unspecified atom stereocenters. The van der Waals surface area contributed by atoms with Crippen molar-refractivity contribution >= 4 is 39.5 Å². The highest BCUT2D eigenvalue weighted by atomic mass is 31.2. The number of allylic oxidation sites excluding steroid dienone is 4. The summed E-state index contributed by atoms with van der Waals surface area (Å²) in [5.41, 5.74) is 0. The minimum Gasteiger partial charge on any atom is -0.462 e. The molecule has 5 atom stereocenters. The Morgan fingerprint density at radius 3 is 0.891 bits per heavy atom. The highest BCUT2D eigenvalue weighted by Gasteiger charge is 2.30. The fourth-order valence-electron chi connectivity index (χ4n) is 10.6. The predicted octanol–water partition coefficient (Wildman–Crippen LogP) is 20.9. The topological polar surface area (TPSA) is 237 Å². The van der Waals surface area contributed by atoms with E-state index in [0.717, 1.165) is 128 Å². The van der Waals surface area contributed by atoms with Crippen LogP contribution in [0.15, 0.2) is 24.3 Å². The van der Waals surface area contributed by atoms with Crippen molar-refractivity contribution in [3.8, 4) is 0 Å². The molecule has 0 aromatic heterocycles. The van der Waals surface area contributed by atoms with Gasteiger partial charge in [0, 0.05) is 25.7 Å². The molecule has 19 heteroatoms. The van der Waals surface area contributed by atoms with Crippen LogP contribution >= 0.6 is 15.6 Å². The number of ether oxygens (including phenoxy) is 4. The van der Waals surface area contributed by atoms with Crippen molar-refractivity contribution in [3.05, 3.63) is 24.3 Å². The Morgan fingerprint density at radius 2 is 0.587 bits per heavy atom. The Labute approximate surface area is 561 Å². The van der Waals surface area contributed by atoms with Crippen LogP contribution in [0.1, 0.15) is 356 Å². The van der Waals surface area contributed by atoms with E-state index in [0.29, 0.717) is 25.7 Å². The van der Waals surface area contributed by atoms with Gasteiger partial charge in [-0.05, 0) is 57.3 Å². The van der Waals surface area contributed by atoms with E-state index >= 15 is 0 Å². The smallest absolute Gasteiger partial charge is 0.462 e. The van der Waals surface area contributed by atoms with E-state index in [1.54, 1.807) is 0 Å². The number of carbonyl (C=O) groups excluding carboxylic acids is 4. The quantitative estimate of drug-likeness (QED) is 0.0169. The van der Waals surface area contributed by atoms with Crippen molar-refractivity contribution in [1.29, 1.82) is 0 Å². The second kappa shape index (κ2) is 65.8. The lowest BCUT2D eigenvalue weighted by Gasteiger charge is -2.21. The van der Waals surface area contributed by atoms with Crippen molar-refractivity contribution in [2.24, 2.45) is 5.92 Å². The number of carbonyl (C=O) groups is 4. The van der Waals surface area contributed by atoms with Crippen LogP contribution in [0, 0.1) is 5.92 Å². The number of hydrogen-bond acceptors (Lipinski definition) is 15. The Bertz CT molecular complexity index is 1860. The molecule has 92 heavy (non-hydrogen) atoms. The number of aliphatic hydroxyl groups is 1. The second-order valence-corrected chi connectivity index (χ2v) is 29.0. The van der Waals surface area contributed by atoms with Gasteiger partial charge >= 0.3 is 39.5 Å². The summed E-state index contributed by atoms with van der Waals surface area (Å²) in [5, 5.41) is 10.6. The molecule has 0 saturated heterocycles. The van der Waals surface area contributed by atoms with Gasteiger partial charge < -0.3 is 33.8 Å². The summed E-state index contributed by atoms with van der Waals surface area (Å²) in [7, 11) is -9.91. The van der Waals surface area contributed by atoms with Crippen LogP contribution in [0.2, 0.25) is 0 Å². The molecule has 0 aliphatic rings. The molecule has 0 aromatic rings. The van der Waals surface area contributed by atoms with Crippen LogP contribution in [0.25, 0.3) is 0 Å². The minimum absolute atomic E-state index is 0.102. The summed E-state index contributed by atoms with van der Waals surface area (Å²) in [6, 6.07) is 0. The molecule has 542 valence electrons. The lowest BCUT2D eigenvalue weighted by molar-refractivity contribution is -0.161. The Balaban J connectivity index is 5.24. The highest BCUT2D eigenvalue weighted by Crippen LogP contribution is 2.45. The Hall–Kier alpha value is -2.46. The van der Waals surface area contributed by atoms with Crippen LogP contribution in [-0.2, 0) is 65.4 Å². The first-order valence-corrected chi connectivity index (χ1v) is 40.4. The van der Waals surface area contributed by atoms with Crippen LogP contribution < -0.4 is 0 Å². The monoisotopic (exact) mass is 1350 g/mol. The molecule has 0 fully saturated rings. The number of hydrogen-bond donors (Lipinski definition) is 3. The Morgan fingerprint density at radius 1 is 0.337 bits per heavy atom. The average molecular weight is 1350 g/mol. The van der Waals surface area contributed by atoms with Gasteiger partial charge in [-0.2, -0.15) is 0 Å². The minimum atomic E-state index is -4.96. The summed E-state index contributed by atoms with van der Waals surface area (Å²) in [5.74, 6) is -1.40. The maximum atomic E-state index is 13.0. The molecule has 0 saturated carbocycles. The number of aliphatic hydroxyl groups excluding tert-OH is 1. The van der Waals surface area contributed by atoms with Crippen molar-refractivity contribution < 1.29 is 80.2 Å². The molecule has 0 bridgehead atoms. The maximum Gasteiger partial charge on any atom is 0.472 e. The third-order valence-electron chi connectivity index (χ3n) is 16.4. The summed E-state index contributed by atoms with van der Waals surface area (Å²) >= 11 is 0. The van der Waals surface area contributed by atoms with Gasteiger partial charge in [0.15, 0.2) is 12.2 Å². The number of rotatable bonds is 71. The first-order chi connectivity index (χ1) is 44.5. The van der Waals surface area contributed by atoms with Crippen LogP contribution in [0.4, 0.5) is 0 Å². The van der Waals surface area contributed by atoms with Gasteiger partial charge in [0.2, 0.25) is 0 Å². The van der Waals surface area contributed by atoms with Gasteiger partial charge in [-0.1, -0.05) is 303 Å². The van der Waals surface area contributed by atoms with Gasteiger partial charge in [-0.3, -0.25) is 37.3 Å². The van der Waals surface area contributed by atoms with E-state index < -0.39 is 97.5 Å². The van der Waals surface area contributed by atoms with E-state index in [1.165, 1.54) is 148 Å². The zero-order valence-electron chi connectivity index (χ0n) is 59.2. The van der Waals surface area contributed by atoms with Crippen LogP contribution in [0.3, 0.4) is 0 Å². The molecule has 0 aliphatic heterocycles. The molecular weight excluding hydrogens is 1210 g/mol. The fraction of sp³-hybridized carbons (Fsp3) is 0.890. The van der Waals surface area contributed by atoms with Crippen molar-refractivity contribution in [1.82, 2.24) is 0 Å². The number of esters is 4. The lowest BCUT2D eigenvalue weighted by atomic mass is 10.0. The summed E-state index contributed by atoms with van der Waals surface area (Å²) in [6.07, 6.45) is 56.4. The van der Waals surface area contributed by atoms with Gasteiger partial charge in [0.25, 0.3) is 0 Å². The molecule has 0 amide bonds. The maximum absolute atomic E-state index is 13.0. The Kier molecular flexibility index (Phi) is 64.0. The number of unbranched alkanes of at least 4 members (excludes halogenated alkanes) is 40. The van der Waals surface area contributed by atoms with E-state index in [-0.39, 0.29) is 25.7 Å². The third-order valence-corrected chi connectivity index (χ3v) is 18.3. The van der Waals surface area contributed by atoms with E-state index in [2.05, 4.69) is 58.9 Å². The molecular formula is C73H138O17P2.